The molecule has 118 valence electrons. The van der Waals surface area contributed by atoms with E-state index in [9.17, 15) is 4.79 Å². The number of carbonyl (C=O) groups excluding carboxylic acids is 1. The fourth-order valence-electron chi connectivity index (χ4n) is 1.88. The predicted molar refractivity (Wildman–Crippen MR) is 85.2 cm³/mol. The van der Waals surface area contributed by atoms with Gasteiger partial charge in [0.05, 0.1) is 18.0 Å². The van der Waals surface area contributed by atoms with Crippen LogP contribution in [0.4, 0.5) is 0 Å². The fourth-order valence-corrected chi connectivity index (χ4v) is 2.56. The topological polar surface area (TPSA) is 69.9 Å². The Morgan fingerprint density at radius 3 is 2.95 bits per heavy atom. The zero-order valence-corrected chi connectivity index (χ0v) is 13.9. The molecule has 2 rings (SSSR count). The zero-order valence-electron chi connectivity index (χ0n) is 13.1. The molecule has 22 heavy (non-hydrogen) atoms. The number of benzene rings is 1. The van der Waals surface area contributed by atoms with Crippen molar-refractivity contribution in [1.29, 1.82) is 0 Å². The van der Waals surface area contributed by atoms with Crippen molar-refractivity contribution >= 4 is 17.7 Å². The predicted octanol–water partition coefficient (Wildman–Crippen LogP) is 2.71. The van der Waals surface area contributed by atoms with Gasteiger partial charge in [0.2, 0.25) is 5.16 Å². The number of aromatic nitrogens is 4. The summed E-state index contributed by atoms with van der Waals surface area (Å²) in [5.41, 5.74) is 3.21. The number of ether oxygens (including phenoxy) is 1. The lowest BCUT2D eigenvalue weighted by molar-refractivity contribution is -0.140. The molecule has 1 heterocycles. The van der Waals surface area contributed by atoms with Crippen molar-refractivity contribution in [2.45, 2.75) is 38.8 Å². The summed E-state index contributed by atoms with van der Waals surface area (Å²) in [6.45, 7) is 6.60. The van der Waals surface area contributed by atoms with Gasteiger partial charge in [-0.25, -0.2) is 0 Å². The molecule has 6 nitrogen and oxygen atoms in total. The molecule has 0 amide bonds. The lowest BCUT2D eigenvalue weighted by Crippen LogP contribution is -2.09. The summed E-state index contributed by atoms with van der Waals surface area (Å²) in [5, 5.41) is 12.3. The quantitative estimate of drug-likeness (QED) is 0.444. The van der Waals surface area contributed by atoms with E-state index in [1.54, 1.807) is 4.68 Å². The maximum absolute atomic E-state index is 11.7. The highest BCUT2D eigenvalue weighted by Crippen LogP contribution is 2.22. The zero-order chi connectivity index (χ0) is 15.9. The maximum atomic E-state index is 11.7. The van der Waals surface area contributed by atoms with Crippen LogP contribution >= 0.6 is 11.8 Å². The monoisotopic (exact) mass is 320 g/mol. The summed E-state index contributed by atoms with van der Waals surface area (Å²) < 4.78 is 6.79. The van der Waals surface area contributed by atoms with Gasteiger partial charge in [-0.05, 0) is 47.9 Å². The second-order valence-corrected chi connectivity index (χ2v) is 5.90. The highest BCUT2D eigenvalue weighted by atomic mass is 32.2. The van der Waals surface area contributed by atoms with Gasteiger partial charge in [0.1, 0.15) is 0 Å². The van der Waals surface area contributed by atoms with Gasteiger partial charge in [0.15, 0.2) is 0 Å². The first kappa shape index (κ1) is 16.5. The Kier molecular flexibility index (Phi) is 5.94. The maximum Gasteiger partial charge on any atom is 0.316 e. The van der Waals surface area contributed by atoms with E-state index in [1.807, 2.05) is 32.0 Å². The minimum Gasteiger partial charge on any atom is -0.465 e. The molecular formula is C15H20N4O2S. The molecule has 0 saturated carbocycles. The van der Waals surface area contributed by atoms with E-state index in [1.165, 1.54) is 17.3 Å². The van der Waals surface area contributed by atoms with Crippen molar-refractivity contribution in [1.82, 2.24) is 20.2 Å². The van der Waals surface area contributed by atoms with E-state index < -0.39 is 0 Å². The van der Waals surface area contributed by atoms with Crippen LogP contribution in [0.2, 0.25) is 0 Å². The number of unbranched alkanes of at least 4 members (excludes halogenated alkanes) is 1. The van der Waals surface area contributed by atoms with E-state index in [4.69, 9.17) is 4.74 Å². The van der Waals surface area contributed by atoms with E-state index in [0.717, 1.165) is 24.1 Å². The first-order chi connectivity index (χ1) is 10.6. The van der Waals surface area contributed by atoms with Crippen molar-refractivity contribution in [3.05, 3.63) is 29.3 Å². The third kappa shape index (κ3) is 4.07. The Hall–Kier alpha value is -1.89. The number of esters is 1. The minimum atomic E-state index is -0.242. The lowest BCUT2D eigenvalue weighted by Gasteiger charge is -2.09. The molecule has 0 aliphatic heterocycles. The summed E-state index contributed by atoms with van der Waals surface area (Å²) in [6.07, 6.45) is 1.89. The highest BCUT2D eigenvalue weighted by molar-refractivity contribution is 7.99. The Labute approximate surface area is 134 Å². The van der Waals surface area contributed by atoms with Crippen LogP contribution in [0.1, 0.15) is 30.9 Å². The van der Waals surface area contributed by atoms with Crippen LogP contribution in [-0.2, 0) is 9.53 Å². The number of hydrogen-bond donors (Lipinski definition) is 0. The smallest absolute Gasteiger partial charge is 0.316 e. The SMILES string of the molecule is CCCCOC(=O)CSc1nnnn1-c1cccc(C)c1C. The molecule has 0 atom stereocenters. The minimum absolute atomic E-state index is 0.203. The number of rotatable bonds is 7. The molecule has 0 fully saturated rings. The fraction of sp³-hybridized carbons (Fsp3) is 0.467. The van der Waals surface area contributed by atoms with Crippen LogP contribution in [0.5, 0.6) is 0 Å². The third-order valence-corrected chi connectivity index (χ3v) is 4.22. The van der Waals surface area contributed by atoms with E-state index in [2.05, 4.69) is 22.4 Å². The van der Waals surface area contributed by atoms with Crippen LogP contribution in [-0.4, -0.2) is 38.5 Å². The Bertz CT molecular complexity index is 642. The first-order valence-corrected chi connectivity index (χ1v) is 8.25. The van der Waals surface area contributed by atoms with Gasteiger partial charge < -0.3 is 4.74 Å². The van der Waals surface area contributed by atoms with Gasteiger partial charge in [0.25, 0.3) is 0 Å². The van der Waals surface area contributed by atoms with E-state index in [-0.39, 0.29) is 11.7 Å². The molecule has 0 spiro atoms. The molecule has 0 N–H and O–H groups in total. The van der Waals surface area contributed by atoms with Crippen LogP contribution in [0.25, 0.3) is 5.69 Å². The van der Waals surface area contributed by atoms with Gasteiger partial charge in [-0.2, -0.15) is 4.68 Å². The van der Waals surface area contributed by atoms with E-state index >= 15 is 0 Å². The molecule has 0 saturated heterocycles. The highest BCUT2D eigenvalue weighted by Gasteiger charge is 2.14. The van der Waals surface area contributed by atoms with Crippen molar-refractivity contribution in [2.24, 2.45) is 0 Å². The number of nitrogens with zero attached hydrogens (tertiary/aromatic N) is 4. The van der Waals surface area contributed by atoms with Gasteiger partial charge in [-0.15, -0.1) is 5.10 Å². The molecule has 1 aromatic carbocycles. The summed E-state index contributed by atoms with van der Waals surface area (Å²) in [5.74, 6) is -0.0384. The average Bonchev–Trinajstić information content (AvgIpc) is 2.96. The van der Waals surface area contributed by atoms with Crippen molar-refractivity contribution in [3.63, 3.8) is 0 Å². The normalized spacial score (nSPS) is 10.7. The molecule has 0 aliphatic rings. The Morgan fingerprint density at radius 2 is 2.18 bits per heavy atom. The second kappa shape index (κ2) is 7.93. The number of aryl methyl sites for hydroxylation is 1. The summed E-state index contributed by atoms with van der Waals surface area (Å²) in [4.78, 5) is 11.7. The molecule has 0 bridgehead atoms. The Morgan fingerprint density at radius 1 is 1.36 bits per heavy atom. The van der Waals surface area contributed by atoms with Crippen LogP contribution in [0, 0.1) is 13.8 Å². The molecule has 0 aliphatic carbocycles. The standard InChI is InChI=1S/C15H20N4O2S/c1-4-5-9-21-14(20)10-22-15-16-17-18-19(15)13-8-6-7-11(2)12(13)3/h6-8H,4-5,9-10H2,1-3H3. The second-order valence-electron chi connectivity index (χ2n) is 4.95. The molecule has 1 aromatic heterocycles. The molecule has 2 aromatic rings. The number of carbonyl (C=O) groups is 1. The van der Waals surface area contributed by atoms with Crippen LogP contribution < -0.4 is 0 Å². The number of thioether (sulfide) groups is 1. The number of tetrazole rings is 1. The van der Waals surface area contributed by atoms with Crippen LogP contribution in [0.3, 0.4) is 0 Å². The number of hydrogen-bond acceptors (Lipinski definition) is 6. The van der Waals surface area contributed by atoms with Crippen molar-refractivity contribution in [2.75, 3.05) is 12.4 Å². The van der Waals surface area contributed by atoms with Crippen LogP contribution in [0.15, 0.2) is 23.4 Å². The molecule has 0 unspecified atom stereocenters. The van der Waals surface area contributed by atoms with Gasteiger partial charge in [0, 0.05) is 0 Å². The first-order valence-electron chi connectivity index (χ1n) is 7.27. The average molecular weight is 320 g/mol. The summed E-state index contributed by atoms with van der Waals surface area (Å²) in [7, 11) is 0. The Balaban J connectivity index is 2.04. The van der Waals surface area contributed by atoms with Crippen molar-refractivity contribution in [3.8, 4) is 5.69 Å². The molecule has 0 radical (unpaired) electrons. The van der Waals surface area contributed by atoms with Gasteiger partial charge in [-0.3, -0.25) is 4.79 Å². The third-order valence-electron chi connectivity index (χ3n) is 3.33. The molecule has 7 heteroatoms. The summed E-state index contributed by atoms with van der Waals surface area (Å²) >= 11 is 1.28. The van der Waals surface area contributed by atoms with Gasteiger partial charge in [-0.1, -0.05) is 37.2 Å². The van der Waals surface area contributed by atoms with Crippen molar-refractivity contribution < 1.29 is 9.53 Å². The van der Waals surface area contributed by atoms with E-state index in [0.29, 0.717) is 11.8 Å². The molecular weight excluding hydrogens is 300 g/mol. The largest absolute Gasteiger partial charge is 0.465 e. The van der Waals surface area contributed by atoms with Gasteiger partial charge >= 0.3 is 5.97 Å². The lowest BCUT2D eigenvalue weighted by atomic mass is 10.1. The summed E-state index contributed by atoms with van der Waals surface area (Å²) in [6, 6.07) is 5.97.